The van der Waals surface area contributed by atoms with E-state index in [4.69, 9.17) is 0 Å². The molecule has 2 N–H and O–H groups in total. The van der Waals surface area contributed by atoms with Crippen LogP contribution in [0.2, 0.25) is 0 Å². The zero-order chi connectivity index (χ0) is 16.6. The summed E-state index contributed by atoms with van der Waals surface area (Å²) in [6, 6.07) is 12.1. The van der Waals surface area contributed by atoms with Gasteiger partial charge in [-0.25, -0.2) is 4.99 Å². The molecule has 7 heteroatoms. The minimum absolute atomic E-state index is 0.546. The lowest BCUT2D eigenvalue weighted by atomic mass is 10.3. The van der Waals surface area contributed by atoms with E-state index in [0.717, 1.165) is 24.0 Å². The minimum Gasteiger partial charge on any atom is -0.357 e. The van der Waals surface area contributed by atoms with Gasteiger partial charge in [-0.3, -0.25) is 4.57 Å². The summed E-state index contributed by atoms with van der Waals surface area (Å²) in [5, 5.41) is 19.0. The van der Waals surface area contributed by atoms with Gasteiger partial charge in [0.1, 0.15) is 6.33 Å². The topological polar surface area (TPSA) is 67.1 Å². The van der Waals surface area contributed by atoms with Crippen LogP contribution in [-0.2, 0) is 13.1 Å². The lowest BCUT2D eigenvalue weighted by Gasteiger charge is -2.12. The highest BCUT2D eigenvalue weighted by atomic mass is 32.1. The van der Waals surface area contributed by atoms with Crippen molar-refractivity contribution in [2.24, 2.45) is 4.99 Å². The molecule has 3 aromatic rings. The maximum atomic E-state index is 4.60. The summed E-state index contributed by atoms with van der Waals surface area (Å²) in [5.41, 5.74) is 2.25. The highest BCUT2D eigenvalue weighted by Crippen LogP contribution is 2.09. The first kappa shape index (κ1) is 16.2. The maximum absolute atomic E-state index is 4.60. The second kappa shape index (κ2) is 8.26. The van der Waals surface area contributed by atoms with Gasteiger partial charge >= 0.3 is 0 Å². The quantitative estimate of drug-likeness (QED) is 0.535. The van der Waals surface area contributed by atoms with Crippen LogP contribution in [-0.4, -0.2) is 27.3 Å². The lowest BCUT2D eigenvalue weighted by molar-refractivity contribution is 0.756. The van der Waals surface area contributed by atoms with Crippen molar-refractivity contribution >= 4 is 17.3 Å². The van der Waals surface area contributed by atoms with E-state index in [-0.39, 0.29) is 0 Å². The molecule has 0 spiro atoms. The first-order valence-electron chi connectivity index (χ1n) is 7.84. The number of hydrogen-bond acceptors (Lipinski definition) is 4. The second-order valence-electron chi connectivity index (χ2n) is 5.13. The molecule has 0 aliphatic rings. The van der Waals surface area contributed by atoms with Crippen LogP contribution >= 0.6 is 11.3 Å². The van der Waals surface area contributed by atoms with Gasteiger partial charge in [0.25, 0.3) is 0 Å². The van der Waals surface area contributed by atoms with E-state index in [2.05, 4.69) is 42.6 Å². The van der Waals surface area contributed by atoms with Crippen molar-refractivity contribution in [2.75, 3.05) is 6.54 Å². The molecule has 0 amide bonds. The average Bonchev–Trinajstić information content (AvgIpc) is 3.29. The van der Waals surface area contributed by atoms with Gasteiger partial charge in [-0.15, -0.1) is 10.2 Å². The Bertz CT molecular complexity index is 764. The fraction of sp³-hybridized carbons (Fsp3) is 0.235. The third-order valence-corrected chi connectivity index (χ3v) is 4.14. The molecule has 0 saturated heterocycles. The number of aromatic nitrogens is 3. The Labute approximate surface area is 145 Å². The summed E-state index contributed by atoms with van der Waals surface area (Å²) in [7, 11) is 0. The molecule has 24 heavy (non-hydrogen) atoms. The fourth-order valence-corrected chi connectivity index (χ4v) is 2.90. The Balaban J connectivity index is 1.67. The van der Waals surface area contributed by atoms with E-state index in [0.29, 0.717) is 13.1 Å². The summed E-state index contributed by atoms with van der Waals surface area (Å²) in [5.74, 6) is 1.61. The highest BCUT2D eigenvalue weighted by molar-refractivity contribution is 7.07. The van der Waals surface area contributed by atoms with E-state index in [1.54, 1.807) is 17.7 Å². The normalized spacial score (nSPS) is 11.5. The summed E-state index contributed by atoms with van der Waals surface area (Å²) >= 11 is 1.68. The summed E-state index contributed by atoms with van der Waals surface area (Å²) in [4.78, 5) is 4.60. The number of para-hydroxylation sites is 1. The Hall–Kier alpha value is -2.67. The molecule has 1 aromatic carbocycles. The zero-order valence-electron chi connectivity index (χ0n) is 13.5. The van der Waals surface area contributed by atoms with Gasteiger partial charge in [0.15, 0.2) is 11.8 Å². The third kappa shape index (κ3) is 4.20. The molecule has 0 unspecified atom stereocenters. The maximum Gasteiger partial charge on any atom is 0.191 e. The average molecular weight is 340 g/mol. The van der Waals surface area contributed by atoms with Crippen molar-refractivity contribution in [1.29, 1.82) is 0 Å². The molecular formula is C17H20N6S. The molecule has 0 saturated carbocycles. The standard InChI is InChI=1S/C17H20N6S/c1-2-18-17(19-10-14-8-9-24-12-14)20-11-16-22-21-13-23(16)15-6-4-3-5-7-15/h3-9,12-13H,2,10-11H2,1H3,(H2,18,19,20). The van der Waals surface area contributed by atoms with Gasteiger partial charge in [0.05, 0.1) is 13.1 Å². The number of benzene rings is 1. The molecule has 0 aliphatic heterocycles. The van der Waals surface area contributed by atoms with Crippen LogP contribution in [0.5, 0.6) is 0 Å². The van der Waals surface area contributed by atoms with Crippen LogP contribution in [0.4, 0.5) is 0 Å². The smallest absolute Gasteiger partial charge is 0.191 e. The van der Waals surface area contributed by atoms with Crippen LogP contribution in [0.1, 0.15) is 18.3 Å². The number of nitrogens with one attached hydrogen (secondary N) is 2. The van der Waals surface area contributed by atoms with Crippen molar-refractivity contribution in [3.8, 4) is 5.69 Å². The van der Waals surface area contributed by atoms with E-state index in [1.165, 1.54) is 5.56 Å². The largest absolute Gasteiger partial charge is 0.357 e. The van der Waals surface area contributed by atoms with Crippen molar-refractivity contribution in [1.82, 2.24) is 25.4 Å². The van der Waals surface area contributed by atoms with Crippen molar-refractivity contribution in [3.05, 3.63) is 64.9 Å². The molecule has 0 radical (unpaired) electrons. The molecule has 0 atom stereocenters. The number of guanidine groups is 1. The summed E-state index contributed by atoms with van der Waals surface area (Å²) in [6.45, 7) is 4.06. The van der Waals surface area contributed by atoms with E-state index in [9.17, 15) is 0 Å². The SMILES string of the molecule is CCNC(=NCc1ccsc1)NCc1nncn1-c1ccccc1. The number of aliphatic imine (C=N–C) groups is 1. The Morgan fingerprint density at radius 3 is 2.83 bits per heavy atom. The number of nitrogens with zero attached hydrogens (tertiary/aromatic N) is 4. The number of thiophene rings is 1. The molecular weight excluding hydrogens is 320 g/mol. The van der Waals surface area contributed by atoms with Crippen LogP contribution in [0.15, 0.2) is 58.5 Å². The van der Waals surface area contributed by atoms with Gasteiger partial charge in [-0.2, -0.15) is 11.3 Å². The Kier molecular flexibility index (Phi) is 5.57. The van der Waals surface area contributed by atoms with Gasteiger partial charge in [-0.05, 0) is 41.4 Å². The summed E-state index contributed by atoms with van der Waals surface area (Å²) in [6.07, 6.45) is 1.72. The second-order valence-corrected chi connectivity index (χ2v) is 5.91. The first-order valence-corrected chi connectivity index (χ1v) is 8.78. The van der Waals surface area contributed by atoms with E-state index < -0.39 is 0 Å². The minimum atomic E-state index is 0.546. The molecule has 2 heterocycles. The van der Waals surface area contributed by atoms with Crippen LogP contribution in [0.3, 0.4) is 0 Å². The van der Waals surface area contributed by atoms with Gasteiger partial charge in [-0.1, -0.05) is 18.2 Å². The van der Waals surface area contributed by atoms with E-state index in [1.807, 2.05) is 41.8 Å². The monoisotopic (exact) mass is 340 g/mol. The molecule has 0 fully saturated rings. The van der Waals surface area contributed by atoms with Crippen molar-refractivity contribution in [2.45, 2.75) is 20.0 Å². The van der Waals surface area contributed by atoms with E-state index >= 15 is 0 Å². The third-order valence-electron chi connectivity index (χ3n) is 3.41. The number of rotatable bonds is 6. The van der Waals surface area contributed by atoms with Crippen molar-refractivity contribution < 1.29 is 0 Å². The fourth-order valence-electron chi connectivity index (χ4n) is 2.24. The summed E-state index contributed by atoms with van der Waals surface area (Å²) < 4.78 is 1.97. The molecule has 0 aliphatic carbocycles. The molecule has 6 nitrogen and oxygen atoms in total. The Morgan fingerprint density at radius 1 is 1.21 bits per heavy atom. The van der Waals surface area contributed by atoms with Crippen LogP contribution in [0, 0.1) is 0 Å². The number of hydrogen-bond donors (Lipinski definition) is 2. The van der Waals surface area contributed by atoms with Gasteiger partial charge in [0, 0.05) is 12.2 Å². The van der Waals surface area contributed by atoms with Gasteiger partial charge in [0.2, 0.25) is 0 Å². The molecule has 2 aromatic heterocycles. The Morgan fingerprint density at radius 2 is 2.08 bits per heavy atom. The molecule has 0 bridgehead atoms. The molecule has 124 valence electrons. The predicted molar refractivity (Wildman–Crippen MR) is 97.3 cm³/mol. The van der Waals surface area contributed by atoms with Crippen molar-refractivity contribution in [3.63, 3.8) is 0 Å². The molecule has 3 rings (SSSR count). The van der Waals surface area contributed by atoms with Crippen LogP contribution < -0.4 is 10.6 Å². The van der Waals surface area contributed by atoms with Crippen LogP contribution in [0.25, 0.3) is 5.69 Å². The highest BCUT2D eigenvalue weighted by Gasteiger charge is 2.07. The van der Waals surface area contributed by atoms with Gasteiger partial charge < -0.3 is 10.6 Å². The predicted octanol–water partition coefficient (Wildman–Crippen LogP) is 2.58. The zero-order valence-corrected chi connectivity index (χ0v) is 14.3. The lowest BCUT2D eigenvalue weighted by Crippen LogP contribution is -2.37. The first-order chi connectivity index (χ1) is 11.9.